The van der Waals surface area contributed by atoms with E-state index in [2.05, 4.69) is 13.8 Å². The quantitative estimate of drug-likeness (QED) is 0.770. The van der Waals surface area contributed by atoms with Gasteiger partial charge in [-0.2, -0.15) is 0 Å². The summed E-state index contributed by atoms with van der Waals surface area (Å²) in [6, 6.07) is 2.91. The van der Waals surface area contributed by atoms with Crippen molar-refractivity contribution in [2.24, 2.45) is 5.92 Å². The van der Waals surface area contributed by atoms with Crippen molar-refractivity contribution in [2.45, 2.75) is 33.6 Å². The van der Waals surface area contributed by atoms with E-state index in [1.165, 1.54) is 19.1 Å². The molecule has 0 aliphatic carbocycles. The van der Waals surface area contributed by atoms with Crippen molar-refractivity contribution in [1.29, 1.82) is 0 Å². The molecule has 0 bridgehead atoms. The lowest BCUT2D eigenvalue weighted by molar-refractivity contribution is 0.101. The number of ketones is 1. The summed E-state index contributed by atoms with van der Waals surface area (Å²) in [7, 11) is 0. The molecule has 3 nitrogen and oxygen atoms in total. The smallest absolute Gasteiger partial charge is 0.163 e. The Kier molecular flexibility index (Phi) is 3.93. The van der Waals surface area contributed by atoms with Gasteiger partial charge in [-0.05, 0) is 37.8 Å². The van der Waals surface area contributed by atoms with E-state index in [9.17, 15) is 15.0 Å². The summed E-state index contributed by atoms with van der Waals surface area (Å²) in [5, 5.41) is 19.5. The van der Waals surface area contributed by atoms with Crippen LogP contribution >= 0.6 is 0 Å². The van der Waals surface area contributed by atoms with Crippen LogP contribution in [0.2, 0.25) is 0 Å². The van der Waals surface area contributed by atoms with Crippen LogP contribution in [-0.2, 0) is 6.42 Å². The molecule has 2 N–H and O–H groups in total. The molecule has 16 heavy (non-hydrogen) atoms. The topological polar surface area (TPSA) is 57.5 Å². The molecule has 0 radical (unpaired) electrons. The van der Waals surface area contributed by atoms with E-state index in [0.29, 0.717) is 17.9 Å². The van der Waals surface area contributed by atoms with E-state index in [1.54, 1.807) is 0 Å². The van der Waals surface area contributed by atoms with E-state index < -0.39 is 0 Å². The lowest BCUT2D eigenvalue weighted by atomic mass is 9.98. The van der Waals surface area contributed by atoms with Crippen LogP contribution in [0.1, 0.15) is 43.1 Å². The van der Waals surface area contributed by atoms with Gasteiger partial charge in [-0.15, -0.1) is 0 Å². The number of carbonyl (C=O) groups is 1. The highest BCUT2D eigenvalue weighted by Crippen LogP contribution is 2.32. The van der Waals surface area contributed by atoms with Crippen molar-refractivity contribution in [1.82, 2.24) is 0 Å². The predicted octanol–water partition coefficient (Wildman–Crippen LogP) is 2.89. The Bertz CT molecular complexity index is 394. The van der Waals surface area contributed by atoms with E-state index in [4.69, 9.17) is 0 Å². The van der Waals surface area contributed by atoms with E-state index in [0.717, 1.165) is 6.42 Å². The Morgan fingerprint density at radius 3 is 2.44 bits per heavy atom. The molecule has 3 heteroatoms. The number of hydrogen-bond acceptors (Lipinski definition) is 3. The predicted molar refractivity (Wildman–Crippen MR) is 62.9 cm³/mol. The van der Waals surface area contributed by atoms with Crippen LogP contribution < -0.4 is 0 Å². The minimum absolute atomic E-state index is 0.0585. The molecule has 0 heterocycles. The first kappa shape index (κ1) is 12.6. The number of aromatic hydroxyl groups is 2. The van der Waals surface area contributed by atoms with Gasteiger partial charge in [0.15, 0.2) is 5.78 Å². The third-order valence-electron chi connectivity index (χ3n) is 2.61. The Balaban J connectivity index is 3.06. The largest absolute Gasteiger partial charge is 0.508 e. The van der Waals surface area contributed by atoms with Gasteiger partial charge in [0.1, 0.15) is 11.5 Å². The Morgan fingerprint density at radius 2 is 1.94 bits per heavy atom. The lowest BCUT2D eigenvalue weighted by Gasteiger charge is -2.11. The van der Waals surface area contributed by atoms with Crippen molar-refractivity contribution >= 4 is 5.78 Å². The van der Waals surface area contributed by atoms with Gasteiger partial charge in [-0.1, -0.05) is 13.8 Å². The van der Waals surface area contributed by atoms with E-state index in [-0.39, 0.29) is 22.8 Å². The number of hydrogen-bond donors (Lipinski definition) is 2. The van der Waals surface area contributed by atoms with Crippen LogP contribution in [0.25, 0.3) is 0 Å². The summed E-state index contributed by atoms with van der Waals surface area (Å²) in [4.78, 5) is 11.2. The summed E-state index contributed by atoms with van der Waals surface area (Å²) in [6.07, 6.45) is 1.44. The average Bonchev–Trinajstić information content (AvgIpc) is 2.16. The van der Waals surface area contributed by atoms with Crippen LogP contribution in [-0.4, -0.2) is 16.0 Å². The molecular weight excluding hydrogens is 204 g/mol. The number of phenols is 2. The number of Topliss-reactive ketones (excluding diaryl/α,β-unsaturated/α-hetero) is 1. The molecule has 0 fully saturated rings. The molecular formula is C13H18O3. The molecule has 0 saturated heterocycles. The highest BCUT2D eigenvalue weighted by Gasteiger charge is 2.14. The van der Waals surface area contributed by atoms with Crippen LogP contribution in [0, 0.1) is 5.92 Å². The summed E-state index contributed by atoms with van der Waals surface area (Å²) in [6.45, 7) is 5.55. The molecule has 0 saturated carbocycles. The molecule has 0 aliphatic heterocycles. The fourth-order valence-electron chi connectivity index (χ4n) is 1.59. The molecule has 1 aromatic carbocycles. The zero-order valence-electron chi connectivity index (χ0n) is 9.95. The van der Waals surface area contributed by atoms with Gasteiger partial charge in [-0.3, -0.25) is 4.79 Å². The third-order valence-corrected chi connectivity index (χ3v) is 2.61. The molecule has 0 atom stereocenters. The van der Waals surface area contributed by atoms with Gasteiger partial charge in [0, 0.05) is 5.56 Å². The molecule has 1 aromatic rings. The maximum Gasteiger partial charge on any atom is 0.163 e. The molecule has 0 aromatic heterocycles. The number of carbonyl (C=O) groups excluding carboxylic acids is 1. The van der Waals surface area contributed by atoms with Crippen molar-refractivity contribution < 1.29 is 15.0 Å². The molecule has 0 unspecified atom stereocenters. The Labute approximate surface area is 95.7 Å². The Hall–Kier alpha value is -1.51. The van der Waals surface area contributed by atoms with E-state index in [1.807, 2.05) is 0 Å². The van der Waals surface area contributed by atoms with E-state index >= 15 is 0 Å². The average molecular weight is 222 g/mol. The lowest BCUT2D eigenvalue weighted by Crippen LogP contribution is -1.98. The van der Waals surface area contributed by atoms with Gasteiger partial charge in [0.05, 0.1) is 5.56 Å². The monoisotopic (exact) mass is 222 g/mol. The van der Waals surface area contributed by atoms with Crippen LogP contribution in [0.5, 0.6) is 11.5 Å². The van der Waals surface area contributed by atoms with Crippen LogP contribution in [0.3, 0.4) is 0 Å². The molecule has 0 spiro atoms. The summed E-state index contributed by atoms with van der Waals surface area (Å²) >= 11 is 0. The second-order valence-corrected chi connectivity index (χ2v) is 4.45. The summed E-state index contributed by atoms with van der Waals surface area (Å²) < 4.78 is 0. The summed E-state index contributed by atoms with van der Waals surface area (Å²) in [5.41, 5.74) is 0.748. The van der Waals surface area contributed by atoms with Gasteiger partial charge >= 0.3 is 0 Å². The first-order valence-corrected chi connectivity index (χ1v) is 5.48. The second-order valence-electron chi connectivity index (χ2n) is 4.45. The van der Waals surface area contributed by atoms with Crippen LogP contribution in [0.15, 0.2) is 12.1 Å². The first-order chi connectivity index (χ1) is 7.43. The Morgan fingerprint density at radius 1 is 1.31 bits per heavy atom. The molecule has 0 aliphatic rings. The summed E-state index contributed by atoms with van der Waals surface area (Å²) in [5.74, 6) is 0.277. The maximum atomic E-state index is 11.2. The number of rotatable bonds is 4. The highest BCUT2D eigenvalue weighted by molar-refractivity contribution is 5.97. The van der Waals surface area contributed by atoms with Gasteiger partial charge in [0.25, 0.3) is 0 Å². The van der Waals surface area contributed by atoms with Crippen molar-refractivity contribution in [2.75, 3.05) is 0 Å². The maximum absolute atomic E-state index is 11.2. The zero-order valence-corrected chi connectivity index (χ0v) is 9.95. The van der Waals surface area contributed by atoms with Crippen molar-refractivity contribution in [3.63, 3.8) is 0 Å². The zero-order chi connectivity index (χ0) is 12.3. The normalized spacial score (nSPS) is 10.8. The van der Waals surface area contributed by atoms with Gasteiger partial charge < -0.3 is 10.2 Å². The number of phenolic OH excluding ortho intramolecular Hbond substituents is 2. The minimum Gasteiger partial charge on any atom is -0.508 e. The molecule has 88 valence electrons. The number of benzene rings is 1. The van der Waals surface area contributed by atoms with Gasteiger partial charge in [-0.25, -0.2) is 0 Å². The highest BCUT2D eigenvalue weighted by atomic mass is 16.3. The second kappa shape index (κ2) is 5.01. The molecule has 1 rings (SSSR count). The molecule has 0 amide bonds. The minimum atomic E-state index is -0.191. The van der Waals surface area contributed by atoms with Crippen molar-refractivity contribution in [3.8, 4) is 11.5 Å². The third kappa shape index (κ3) is 2.75. The van der Waals surface area contributed by atoms with Crippen molar-refractivity contribution in [3.05, 3.63) is 23.3 Å². The first-order valence-electron chi connectivity index (χ1n) is 5.48. The standard InChI is InChI=1S/C13H18O3/c1-8(2)4-5-11-12(15)7-6-10(9(3)14)13(11)16/h6-8,15-16H,4-5H2,1-3H3. The SMILES string of the molecule is CC(=O)c1ccc(O)c(CCC(C)C)c1O. The van der Waals surface area contributed by atoms with Gasteiger partial charge in [0.2, 0.25) is 0 Å². The fourth-order valence-corrected chi connectivity index (χ4v) is 1.59. The van der Waals surface area contributed by atoms with Crippen LogP contribution in [0.4, 0.5) is 0 Å². The fraction of sp³-hybridized carbons (Fsp3) is 0.462.